The fourth-order valence-electron chi connectivity index (χ4n) is 3.57. The highest BCUT2D eigenvalue weighted by Gasteiger charge is 2.20. The van der Waals surface area contributed by atoms with Crippen LogP contribution in [0, 0.1) is 6.92 Å². The number of carbonyl (C=O) groups is 1. The van der Waals surface area contributed by atoms with Gasteiger partial charge in [0.1, 0.15) is 0 Å². The summed E-state index contributed by atoms with van der Waals surface area (Å²) in [4.78, 5) is 31.6. The van der Waals surface area contributed by atoms with Gasteiger partial charge in [0.05, 0.1) is 20.6 Å². The summed E-state index contributed by atoms with van der Waals surface area (Å²) in [7, 11) is 3.00. The third kappa shape index (κ3) is 5.75. The summed E-state index contributed by atoms with van der Waals surface area (Å²) in [6, 6.07) is 14.2. The van der Waals surface area contributed by atoms with Gasteiger partial charge in [-0.25, -0.2) is 0 Å². The third-order valence-corrected chi connectivity index (χ3v) is 7.88. The number of phenols is 2. The highest BCUT2D eigenvalue weighted by molar-refractivity contribution is 7.25. The predicted octanol–water partition coefficient (Wildman–Crippen LogP) is 5.59. The lowest BCUT2D eigenvalue weighted by Crippen LogP contribution is -1.99. The number of aryl methyl sites for hydroxylation is 1. The van der Waals surface area contributed by atoms with E-state index in [0.29, 0.717) is 11.5 Å². The van der Waals surface area contributed by atoms with Gasteiger partial charge in [0, 0.05) is 19.5 Å². The lowest BCUT2D eigenvalue weighted by Gasteiger charge is -2.05. The van der Waals surface area contributed by atoms with Crippen LogP contribution < -0.4 is 9.47 Å². The van der Waals surface area contributed by atoms with Gasteiger partial charge in [-0.05, 0) is 77.7 Å². The van der Waals surface area contributed by atoms with Crippen LogP contribution in [0.2, 0.25) is 0 Å². The Hall–Kier alpha value is -4.11. The second-order valence-electron chi connectivity index (χ2n) is 7.51. The Morgan fingerprint density at radius 2 is 1.31 bits per heavy atom. The van der Waals surface area contributed by atoms with Gasteiger partial charge in [-0.2, -0.15) is 9.59 Å². The number of aromatic hydroxyl groups is 2. The minimum absolute atomic E-state index is 0.0480. The molecular weight excluding hydrogens is 504 g/mol. The van der Waals surface area contributed by atoms with E-state index in [1.54, 1.807) is 41.7 Å². The highest BCUT2D eigenvalue weighted by Crippen LogP contribution is 2.46. The first-order chi connectivity index (χ1) is 17.2. The van der Waals surface area contributed by atoms with Gasteiger partial charge < -0.3 is 24.8 Å². The summed E-state index contributed by atoms with van der Waals surface area (Å²) in [5, 5.41) is 29.3. The van der Waals surface area contributed by atoms with E-state index in [4.69, 9.17) is 19.1 Å². The topological polar surface area (TPSA) is 130 Å². The van der Waals surface area contributed by atoms with Crippen molar-refractivity contribution >= 4 is 34.8 Å². The molecule has 0 saturated carbocycles. The number of ether oxygens (including phenoxy) is 2. The van der Waals surface area contributed by atoms with Crippen molar-refractivity contribution in [3.05, 3.63) is 59.7 Å². The molecule has 0 bridgehead atoms. The van der Waals surface area contributed by atoms with Crippen LogP contribution in [0.1, 0.15) is 11.1 Å². The smallest absolute Gasteiger partial charge is 0.373 e. The SMILES string of the molecule is COc1cc(-c2cc(C)c(-c3sc(-c4ccc(O)c(OC)c4)cc3CC(=O)O)s2)ccc1O.O=C=O. The highest BCUT2D eigenvalue weighted by atomic mass is 32.1. The molecule has 4 rings (SSSR count). The van der Waals surface area contributed by atoms with E-state index in [9.17, 15) is 20.1 Å². The van der Waals surface area contributed by atoms with Crippen LogP contribution in [0.4, 0.5) is 0 Å². The first kappa shape index (κ1) is 26.5. The first-order valence-corrected chi connectivity index (χ1v) is 12.0. The van der Waals surface area contributed by atoms with Gasteiger partial charge in [-0.15, -0.1) is 22.7 Å². The summed E-state index contributed by atoms with van der Waals surface area (Å²) in [6.07, 6.45) is 0.154. The molecule has 3 N–H and O–H groups in total. The molecule has 0 aliphatic heterocycles. The van der Waals surface area contributed by atoms with Crippen molar-refractivity contribution in [3.63, 3.8) is 0 Å². The van der Waals surface area contributed by atoms with Gasteiger partial charge in [0.25, 0.3) is 0 Å². The lowest BCUT2D eigenvalue weighted by molar-refractivity contribution is -0.191. The molecule has 0 fully saturated rings. The number of aliphatic carboxylic acids is 1. The van der Waals surface area contributed by atoms with E-state index in [1.165, 1.54) is 25.6 Å². The number of phenolic OH excluding ortho intramolecular Hbond substituents is 2. The summed E-state index contributed by atoms with van der Waals surface area (Å²) < 4.78 is 10.5. The lowest BCUT2D eigenvalue weighted by atomic mass is 10.1. The Labute approximate surface area is 214 Å². The normalized spacial score (nSPS) is 10.2. The molecule has 0 amide bonds. The summed E-state index contributed by atoms with van der Waals surface area (Å²) in [6.45, 7) is 2.00. The summed E-state index contributed by atoms with van der Waals surface area (Å²) in [5.74, 6) is -0.0244. The zero-order valence-corrected chi connectivity index (χ0v) is 21.2. The molecule has 0 saturated heterocycles. The average Bonchev–Trinajstić information content (AvgIpc) is 3.43. The molecule has 0 spiro atoms. The van der Waals surface area contributed by atoms with Gasteiger partial charge in [0.15, 0.2) is 23.0 Å². The van der Waals surface area contributed by atoms with Crippen molar-refractivity contribution in [1.29, 1.82) is 0 Å². The number of carboxylic acids is 1. The van der Waals surface area contributed by atoms with Crippen LogP contribution in [0.25, 0.3) is 30.6 Å². The molecule has 0 unspecified atom stereocenters. The number of methoxy groups -OCH3 is 2. The number of rotatable bonds is 7. The van der Waals surface area contributed by atoms with Crippen LogP contribution >= 0.6 is 22.7 Å². The fourth-order valence-corrected chi connectivity index (χ4v) is 6.14. The minimum atomic E-state index is -0.901. The molecule has 2 aromatic heterocycles. The predicted molar refractivity (Wildman–Crippen MR) is 136 cm³/mol. The maximum Gasteiger partial charge on any atom is 0.373 e. The van der Waals surface area contributed by atoms with Gasteiger partial charge >= 0.3 is 12.1 Å². The maximum atomic E-state index is 11.6. The van der Waals surface area contributed by atoms with Crippen molar-refractivity contribution in [3.8, 4) is 53.6 Å². The van der Waals surface area contributed by atoms with Crippen LogP contribution in [0.3, 0.4) is 0 Å². The molecule has 10 heteroatoms. The first-order valence-electron chi connectivity index (χ1n) is 10.4. The van der Waals surface area contributed by atoms with Crippen molar-refractivity contribution < 1.29 is 39.2 Å². The quantitative estimate of drug-likeness (QED) is 0.284. The number of hydrogen-bond acceptors (Lipinski definition) is 9. The van der Waals surface area contributed by atoms with Gasteiger partial charge in [0.2, 0.25) is 0 Å². The van der Waals surface area contributed by atoms with Gasteiger partial charge in [-0.1, -0.05) is 0 Å². The van der Waals surface area contributed by atoms with E-state index in [-0.39, 0.29) is 24.1 Å². The molecule has 2 heterocycles. The van der Waals surface area contributed by atoms with E-state index < -0.39 is 5.97 Å². The van der Waals surface area contributed by atoms with Crippen LogP contribution in [0.5, 0.6) is 23.0 Å². The molecule has 4 aromatic rings. The molecule has 0 atom stereocenters. The number of thiophene rings is 2. The van der Waals surface area contributed by atoms with Crippen LogP contribution in [-0.2, 0) is 20.8 Å². The van der Waals surface area contributed by atoms with Crippen LogP contribution in [-0.4, -0.2) is 41.7 Å². The van der Waals surface area contributed by atoms with Gasteiger partial charge in [-0.3, -0.25) is 4.79 Å². The Morgan fingerprint density at radius 3 is 1.78 bits per heavy atom. The number of benzene rings is 2. The maximum absolute atomic E-state index is 11.6. The summed E-state index contributed by atoms with van der Waals surface area (Å²) in [5.41, 5.74) is 3.51. The van der Waals surface area contributed by atoms with E-state index in [0.717, 1.165) is 41.8 Å². The molecular formula is C26H22O8S2. The number of carbonyl (C=O) groups excluding carboxylic acids is 2. The zero-order valence-electron chi connectivity index (χ0n) is 19.5. The van der Waals surface area contributed by atoms with E-state index in [2.05, 4.69) is 6.07 Å². The van der Waals surface area contributed by atoms with E-state index in [1.807, 2.05) is 19.1 Å². The zero-order chi connectivity index (χ0) is 26.4. The Morgan fingerprint density at radius 1 is 0.833 bits per heavy atom. The molecule has 8 nitrogen and oxygen atoms in total. The Balaban J connectivity index is 0.00000115. The molecule has 36 heavy (non-hydrogen) atoms. The van der Waals surface area contributed by atoms with E-state index >= 15 is 0 Å². The van der Waals surface area contributed by atoms with Crippen molar-refractivity contribution in [1.82, 2.24) is 0 Å². The second-order valence-corrected chi connectivity index (χ2v) is 9.62. The number of carboxylic acid groups (broad SMARTS) is 1. The monoisotopic (exact) mass is 526 g/mol. The third-order valence-electron chi connectivity index (χ3n) is 5.20. The molecule has 0 radical (unpaired) electrons. The molecule has 0 aliphatic rings. The second kappa shape index (κ2) is 11.5. The van der Waals surface area contributed by atoms with Crippen molar-refractivity contribution in [2.45, 2.75) is 13.3 Å². The standard InChI is InChI=1S/C25H22O6S2.CO2/c1-13-8-21(14-4-6-17(26)19(9-14)30-2)32-24(13)25-16(12-23(28)29)11-22(33-25)15-5-7-18(27)20(10-15)31-3;2-1-3/h4-11,26-27H,12H2,1-3H3,(H,28,29);. The molecule has 186 valence electrons. The summed E-state index contributed by atoms with van der Waals surface area (Å²) >= 11 is 3.08. The largest absolute Gasteiger partial charge is 0.504 e. The average molecular weight is 527 g/mol. The molecule has 0 aliphatic carbocycles. The Bertz CT molecular complexity index is 1430. The van der Waals surface area contributed by atoms with Crippen LogP contribution in [0.15, 0.2) is 48.5 Å². The van der Waals surface area contributed by atoms with Crippen molar-refractivity contribution in [2.24, 2.45) is 0 Å². The number of hydrogen-bond donors (Lipinski definition) is 3. The Kier molecular flexibility index (Phi) is 8.50. The minimum Gasteiger partial charge on any atom is -0.504 e. The fraction of sp³-hybridized carbons (Fsp3) is 0.154. The van der Waals surface area contributed by atoms with Crippen molar-refractivity contribution in [2.75, 3.05) is 14.2 Å². The molecule has 2 aromatic carbocycles.